The monoisotopic (exact) mass is 354 g/mol. The van der Waals surface area contributed by atoms with Crippen molar-refractivity contribution in [3.05, 3.63) is 70.1 Å². The van der Waals surface area contributed by atoms with Crippen LogP contribution in [0.15, 0.2) is 53.1 Å². The normalized spacial score (nSPS) is 10.3. The van der Waals surface area contributed by atoms with Crippen LogP contribution in [-0.4, -0.2) is 28.1 Å². The number of nitrogens with zero attached hydrogens (tertiary/aromatic N) is 3. The molecule has 3 rings (SSSR count). The number of hydrogen-bond acceptors (Lipinski definition) is 8. The first-order valence-electron chi connectivity index (χ1n) is 7.60. The molecule has 0 amide bonds. The first-order valence-corrected chi connectivity index (χ1v) is 7.60. The molecule has 1 aromatic heterocycles. The van der Waals surface area contributed by atoms with Crippen LogP contribution >= 0.6 is 0 Å². The van der Waals surface area contributed by atoms with Crippen LogP contribution in [-0.2, 0) is 11.3 Å². The van der Waals surface area contributed by atoms with Crippen molar-refractivity contribution >= 4 is 17.3 Å². The molecule has 26 heavy (non-hydrogen) atoms. The molecule has 0 atom stereocenters. The number of aromatic nitrogens is 2. The zero-order chi connectivity index (χ0) is 18.5. The number of anilines is 1. The number of carbonyl (C=O) groups excluding carboxylic acids is 1. The lowest BCUT2D eigenvalue weighted by atomic mass is 10.1. The van der Waals surface area contributed by atoms with E-state index in [-0.39, 0.29) is 23.7 Å². The van der Waals surface area contributed by atoms with Crippen molar-refractivity contribution in [2.45, 2.75) is 6.61 Å². The van der Waals surface area contributed by atoms with E-state index in [0.29, 0.717) is 11.5 Å². The molecule has 0 unspecified atom stereocenters. The lowest BCUT2D eigenvalue weighted by Gasteiger charge is -2.05. The second-order valence-corrected chi connectivity index (χ2v) is 5.19. The van der Waals surface area contributed by atoms with Crippen LogP contribution in [0.3, 0.4) is 0 Å². The van der Waals surface area contributed by atoms with Crippen molar-refractivity contribution in [2.75, 3.05) is 12.4 Å². The zero-order valence-electron chi connectivity index (χ0n) is 13.7. The number of rotatable bonds is 6. The molecule has 3 aromatic rings. The van der Waals surface area contributed by atoms with Crippen molar-refractivity contribution in [3.63, 3.8) is 0 Å². The number of ether oxygens (including phenoxy) is 1. The van der Waals surface area contributed by atoms with E-state index in [1.807, 2.05) is 30.3 Å². The molecule has 0 aliphatic carbocycles. The fourth-order valence-corrected chi connectivity index (χ4v) is 2.25. The Morgan fingerprint density at radius 1 is 1.27 bits per heavy atom. The number of hydrogen-bond donors (Lipinski definition) is 1. The number of carbonyl (C=O) groups is 1. The van der Waals surface area contributed by atoms with Crippen LogP contribution < -0.4 is 5.32 Å². The van der Waals surface area contributed by atoms with E-state index in [0.717, 1.165) is 11.6 Å². The van der Waals surface area contributed by atoms with E-state index in [1.54, 1.807) is 7.05 Å². The highest BCUT2D eigenvalue weighted by Crippen LogP contribution is 2.25. The van der Waals surface area contributed by atoms with Gasteiger partial charge in [0.25, 0.3) is 11.6 Å². The zero-order valence-corrected chi connectivity index (χ0v) is 13.7. The summed E-state index contributed by atoms with van der Waals surface area (Å²) < 4.78 is 10.1. The van der Waals surface area contributed by atoms with Crippen molar-refractivity contribution < 1.29 is 19.0 Å². The molecule has 0 saturated heterocycles. The van der Waals surface area contributed by atoms with E-state index in [1.165, 1.54) is 12.1 Å². The van der Waals surface area contributed by atoms with E-state index < -0.39 is 10.9 Å². The first-order chi connectivity index (χ1) is 12.6. The van der Waals surface area contributed by atoms with E-state index >= 15 is 0 Å². The summed E-state index contributed by atoms with van der Waals surface area (Å²) in [5, 5.41) is 17.6. The van der Waals surface area contributed by atoms with Gasteiger partial charge in [0.1, 0.15) is 5.69 Å². The number of nitrogens with one attached hydrogen (secondary N) is 1. The van der Waals surface area contributed by atoms with Gasteiger partial charge in [0, 0.05) is 18.7 Å². The summed E-state index contributed by atoms with van der Waals surface area (Å²) in [6.45, 7) is -0.236. The fraction of sp³-hybridized carbons (Fsp3) is 0.118. The summed E-state index contributed by atoms with van der Waals surface area (Å²) in [4.78, 5) is 26.7. The molecular weight excluding hydrogens is 340 g/mol. The largest absolute Gasteiger partial charge is 0.452 e. The van der Waals surface area contributed by atoms with Gasteiger partial charge in [0.15, 0.2) is 6.61 Å². The SMILES string of the molecule is CNc1ccc(C(=O)OCc2nc(-c3ccccc3)no2)cc1[N+](=O)[O-]. The second kappa shape index (κ2) is 7.43. The lowest BCUT2D eigenvalue weighted by molar-refractivity contribution is -0.384. The Morgan fingerprint density at radius 3 is 2.73 bits per heavy atom. The van der Waals surface area contributed by atoms with E-state index in [4.69, 9.17) is 9.26 Å². The molecule has 0 radical (unpaired) electrons. The predicted octanol–water partition coefficient (Wildman–Crippen LogP) is 3.04. The van der Waals surface area contributed by atoms with Gasteiger partial charge in [0.2, 0.25) is 5.82 Å². The van der Waals surface area contributed by atoms with Gasteiger partial charge in [-0.05, 0) is 12.1 Å². The van der Waals surface area contributed by atoms with Crippen molar-refractivity contribution in [2.24, 2.45) is 0 Å². The molecule has 0 aliphatic heterocycles. The molecule has 9 nitrogen and oxygen atoms in total. The van der Waals surface area contributed by atoms with Gasteiger partial charge in [-0.15, -0.1) is 0 Å². The minimum Gasteiger partial charge on any atom is -0.452 e. The Balaban J connectivity index is 1.69. The topological polar surface area (TPSA) is 120 Å². The van der Waals surface area contributed by atoms with Crippen LogP contribution in [0.5, 0.6) is 0 Å². The van der Waals surface area contributed by atoms with Crippen LogP contribution in [0.2, 0.25) is 0 Å². The molecule has 0 saturated carbocycles. The number of nitro groups is 1. The van der Waals surface area contributed by atoms with Crippen LogP contribution in [0.25, 0.3) is 11.4 Å². The van der Waals surface area contributed by atoms with Gasteiger partial charge in [-0.25, -0.2) is 4.79 Å². The maximum atomic E-state index is 12.1. The molecule has 1 N–H and O–H groups in total. The fourth-order valence-electron chi connectivity index (χ4n) is 2.25. The molecule has 132 valence electrons. The van der Waals surface area contributed by atoms with Crippen LogP contribution in [0, 0.1) is 10.1 Å². The van der Waals surface area contributed by atoms with Crippen molar-refractivity contribution in [1.29, 1.82) is 0 Å². The minimum absolute atomic E-state index is 0.0542. The van der Waals surface area contributed by atoms with Gasteiger partial charge in [-0.1, -0.05) is 35.5 Å². The predicted molar refractivity (Wildman–Crippen MR) is 91.5 cm³/mol. The van der Waals surface area contributed by atoms with E-state index in [9.17, 15) is 14.9 Å². The average molecular weight is 354 g/mol. The Morgan fingerprint density at radius 2 is 2.04 bits per heavy atom. The standard InChI is InChI=1S/C17H14N4O5/c1-18-13-8-7-12(9-14(13)21(23)24)17(22)25-10-15-19-16(20-26-15)11-5-3-2-4-6-11/h2-9,18H,10H2,1H3. The highest BCUT2D eigenvalue weighted by molar-refractivity contribution is 5.91. The van der Waals surface area contributed by atoms with E-state index in [2.05, 4.69) is 15.5 Å². The van der Waals surface area contributed by atoms with Gasteiger partial charge in [0.05, 0.1) is 10.5 Å². The molecule has 1 heterocycles. The summed E-state index contributed by atoms with van der Waals surface area (Å²) >= 11 is 0. The minimum atomic E-state index is -0.727. The van der Waals surface area contributed by atoms with Crippen molar-refractivity contribution in [3.8, 4) is 11.4 Å². The summed E-state index contributed by atoms with van der Waals surface area (Å²) in [6.07, 6.45) is 0. The third kappa shape index (κ3) is 3.66. The Hall–Kier alpha value is -3.75. The smallest absolute Gasteiger partial charge is 0.338 e. The maximum absolute atomic E-state index is 12.1. The summed E-state index contributed by atoms with van der Waals surface area (Å²) in [7, 11) is 1.56. The molecule has 0 bridgehead atoms. The summed E-state index contributed by atoms with van der Waals surface area (Å²) in [5.74, 6) is -0.223. The van der Waals surface area contributed by atoms with Crippen LogP contribution in [0.1, 0.15) is 16.2 Å². The number of benzene rings is 2. The van der Waals surface area contributed by atoms with Gasteiger partial charge >= 0.3 is 5.97 Å². The molecule has 0 spiro atoms. The molecule has 0 aliphatic rings. The second-order valence-electron chi connectivity index (χ2n) is 5.19. The first kappa shape index (κ1) is 17.1. The van der Waals surface area contributed by atoms with Gasteiger partial charge in [-0.2, -0.15) is 4.98 Å². The number of nitro benzene ring substituents is 1. The molecule has 9 heteroatoms. The Labute approximate surface area is 147 Å². The van der Waals surface area contributed by atoms with Gasteiger partial charge < -0.3 is 14.6 Å². The third-order valence-corrected chi connectivity index (χ3v) is 3.53. The lowest BCUT2D eigenvalue weighted by Crippen LogP contribution is -2.07. The molecule has 2 aromatic carbocycles. The highest BCUT2D eigenvalue weighted by atomic mass is 16.6. The summed E-state index contributed by atoms with van der Waals surface area (Å²) in [5.41, 5.74) is 0.910. The molecule has 0 fully saturated rings. The Bertz CT molecular complexity index is 939. The quantitative estimate of drug-likeness (QED) is 0.407. The average Bonchev–Trinajstić information content (AvgIpc) is 3.15. The van der Waals surface area contributed by atoms with Crippen LogP contribution in [0.4, 0.5) is 11.4 Å². The number of esters is 1. The third-order valence-electron chi connectivity index (χ3n) is 3.53. The van der Waals surface area contributed by atoms with Gasteiger partial charge in [-0.3, -0.25) is 10.1 Å². The highest BCUT2D eigenvalue weighted by Gasteiger charge is 2.18. The molecular formula is C17H14N4O5. The van der Waals surface area contributed by atoms with Crippen molar-refractivity contribution in [1.82, 2.24) is 10.1 Å². The summed E-state index contributed by atoms with van der Waals surface area (Å²) in [6, 6.07) is 13.2. The Kier molecular flexibility index (Phi) is 4.88. The maximum Gasteiger partial charge on any atom is 0.338 e.